The van der Waals surface area contributed by atoms with Crippen LogP contribution in [-0.2, 0) is 4.79 Å². The minimum atomic E-state index is -0.423. The van der Waals surface area contributed by atoms with Gasteiger partial charge >= 0.3 is 0 Å². The van der Waals surface area contributed by atoms with Crippen molar-refractivity contribution in [3.8, 4) is 0 Å². The lowest BCUT2D eigenvalue weighted by Crippen LogP contribution is -2.70. The monoisotopic (exact) mass is 395 g/mol. The summed E-state index contributed by atoms with van der Waals surface area (Å²) in [6.45, 7) is 4.53. The number of hydrogen-bond acceptors (Lipinski definition) is 3. The van der Waals surface area contributed by atoms with Crippen molar-refractivity contribution in [1.82, 2.24) is 10.6 Å². The summed E-state index contributed by atoms with van der Waals surface area (Å²) in [7, 11) is 0. The van der Waals surface area contributed by atoms with Crippen LogP contribution in [0.2, 0.25) is 0 Å². The van der Waals surface area contributed by atoms with Crippen LogP contribution in [0, 0.1) is 23.2 Å². The molecule has 0 saturated heterocycles. The predicted molar refractivity (Wildman–Crippen MR) is 113 cm³/mol. The Bertz CT molecular complexity index is 839. The van der Waals surface area contributed by atoms with Gasteiger partial charge in [-0.05, 0) is 62.0 Å². The molecule has 2 bridgehead atoms. The fraction of sp³-hybridized carbons (Fsp3) is 0.667. The van der Waals surface area contributed by atoms with E-state index in [2.05, 4.69) is 29.8 Å². The summed E-state index contributed by atoms with van der Waals surface area (Å²) in [6, 6.07) is 8.07. The number of rotatable bonds is 2. The van der Waals surface area contributed by atoms with Crippen LogP contribution in [0.4, 0.5) is 5.69 Å². The molecule has 3 N–H and O–H groups in total. The van der Waals surface area contributed by atoms with Crippen molar-refractivity contribution in [2.75, 3.05) is 5.32 Å². The maximum Gasteiger partial charge on any atom is 0.255 e. The average molecular weight is 396 g/mol. The standard InChI is InChI=1S/C24H33N3O2/c1-15-7-3-5-9-19(15)25-22(29)18-13-16-11-12-23(18,2)14-24(16)26-20-10-6-4-8-17(20)21(28)27-24/h4,6,8,10,15-16,18-19,26H,3,5,7,9,11-14H2,1-2H3,(H,25,29)(H,27,28)/t15-,16-,18+,19-,23+,24+/m1/s1. The molecule has 5 aliphatic rings. The molecule has 0 radical (unpaired) electrons. The largest absolute Gasteiger partial charge is 0.362 e. The summed E-state index contributed by atoms with van der Waals surface area (Å²) in [4.78, 5) is 26.1. The average Bonchev–Trinajstić information content (AvgIpc) is 2.69. The maximum absolute atomic E-state index is 13.3. The Kier molecular flexibility index (Phi) is 4.41. The van der Waals surface area contributed by atoms with E-state index in [1.54, 1.807) is 0 Å². The first-order valence-corrected chi connectivity index (χ1v) is 11.4. The van der Waals surface area contributed by atoms with E-state index in [4.69, 9.17) is 0 Å². The molecule has 156 valence electrons. The van der Waals surface area contributed by atoms with Crippen LogP contribution in [0.3, 0.4) is 0 Å². The van der Waals surface area contributed by atoms with Gasteiger partial charge in [0.2, 0.25) is 5.91 Å². The molecule has 0 unspecified atom stereocenters. The molecule has 5 nitrogen and oxygen atoms in total. The molecule has 4 aliphatic carbocycles. The third-order valence-corrected chi connectivity index (χ3v) is 8.43. The Balaban J connectivity index is 1.36. The molecule has 4 saturated carbocycles. The summed E-state index contributed by atoms with van der Waals surface area (Å²) in [5.41, 5.74) is 1.12. The van der Waals surface area contributed by atoms with E-state index in [0.717, 1.165) is 37.8 Å². The second-order valence-electron chi connectivity index (χ2n) is 10.3. The van der Waals surface area contributed by atoms with Crippen molar-refractivity contribution >= 4 is 17.5 Å². The normalized spacial score (nSPS) is 40.7. The van der Waals surface area contributed by atoms with Crippen molar-refractivity contribution < 1.29 is 9.59 Å². The second kappa shape index (κ2) is 6.75. The highest BCUT2D eigenvalue weighted by atomic mass is 16.2. The quantitative estimate of drug-likeness (QED) is 0.707. The van der Waals surface area contributed by atoms with Gasteiger partial charge in [0.15, 0.2) is 0 Å². The van der Waals surface area contributed by atoms with Crippen molar-refractivity contribution in [2.45, 2.75) is 76.9 Å². The molecule has 1 heterocycles. The number of carbonyl (C=O) groups excluding carboxylic acids is 2. The smallest absolute Gasteiger partial charge is 0.255 e. The number of hydrogen-bond donors (Lipinski definition) is 3. The molecule has 6 rings (SSSR count). The Morgan fingerprint density at radius 1 is 1.14 bits per heavy atom. The lowest BCUT2D eigenvalue weighted by atomic mass is 9.51. The van der Waals surface area contributed by atoms with Crippen LogP contribution < -0.4 is 16.0 Å². The first-order valence-electron chi connectivity index (χ1n) is 11.4. The van der Waals surface area contributed by atoms with Gasteiger partial charge in [-0.1, -0.05) is 38.8 Å². The molecule has 2 amide bonds. The van der Waals surface area contributed by atoms with E-state index >= 15 is 0 Å². The highest BCUT2D eigenvalue weighted by molar-refractivity contribution is 6.02. The van der Waals surface area contributed by atoms with Crippen molar-refractivity contribution in [3.05, 3.63) is 29.8 Å². The van der Waals surface area contributed by atoms with Crippen LogP contribution in [0.15, 0.2) is 24.3 Å². The first kappa shape index (κ1) is 19.0. The number of para-hydroxylation sites is 1. The Hall–Kier alpha value is -2.04. The van der Waals surface area contributed by atoms with E-state index in [9.17, 15) is 9.59 Å². The lowest BCUT2D eigenvalue weighted by Gasteiger charge is -2.61. The molecule has 4 fully saturated rings. The second-order valence-corrected chi connectivity index (χ2v) is 10.3. The van der Waals surface area contributed by atoms with Crippen molar-refractivity contribution in [3.63, 3.8) is 0 Å². The zero-order chi connectivity index (χ0) is 20.2. The van der Waals surface area contributed by atoms with Gasteiger partial charge in [0.25, 0.3) is 5.91 Å². The summed E-state index contributed by atoms with van der Waals surface area (Å²) in [6.07, 6.45) is 8.59. The van der Waals surface area contributed by atoms with E-state index in [0.29, 0.717) is 17.5 Å². The summed E-state index contributed by atoms with van der Waals surface area (Å²) in [5.74, 6) is 1.14. The van der Waals surface area contributed by atoms with Gasteiger partial charge in [-0.2, -0.15) is 0 Å². The SMILES string of the molecule is C[C@@H]1CCCC[C@H]1NC(=O)[C@@H]1C[C@H]2CC[C@@]1(C)C[C@]21NC(=O)c2ccccc2N1. The molecule has 1 aromatic carbocycles. The zero-order valence-electron chi connectivity index (χ0n) is 17.6. The fourth-order valence-corrected chi connectivity index (χ4v) is 6.67. The number of fused-ring (bicyclic) bond motifs is 3. The zero-order valence-corrected chi connectivity index (χ0v) is 17.6. The van der Waals surface area contributed by atoms with Gasteiger partial charge in [-0.25, -0.2) is 0 Å². The molecule has 1 aliphatic heterocycles. The first-order chi connectivity index (χ1) is 13.9. The highest BCUT2D eigenvalue weighted by Gasteiger charge is 2.60. The topological polar surface area (TPSA) is 70.2 Å². The van der Waals surface area contributed by atoms with Gasteiger partial charge in [0, 0.05) is 23.6 Å². The number of carbonyl (C=O) groups is 2. The summed E-state index contributed by atoms with van der Waals surface area (Å²) >= 11 is 0. The number of benzene rings is 1. The minimum absolute atomic E-state index is 0.00697. The van der Waals surface area contributed by atoms with Crippen LogP contribution >= 0.6 is 0 Å². The van der Waals surface area contributed by atoms with E-state index in [1.165, 1.54) is 19.3 Å². The van der Waals surface area contributed by atoms with E-state index in [-0.39, 0.29) is 29.1 Å². The Labute approximate surface area is 173 Å². The summed E-state index contributed by atoms with van der Waals surface area (Å²) in [5, 5.41) is 10.4. The highest BCUT2D eigenvalue weighted by Crippen LogP contribution is 2.58. The molecule has 1 aromatic rings. The minimum Gasteiger partial charge on any atom is -0.362 e. The van der Waals surface area contributed by atoms with Crippen LogP contribution in [0.5, 0.6) is 0 Å². The number of amides is 2. The van der Waals surface area contributed by atoms with Gasteiger partial charge in [0.05, 0.1) is 5.56 Å². The molecular weight excluding hydrogens is 362 g/mol. The van der Waals surface area contributed by atoms with Gasteiger partial charge < -0.3 is 16.0 Å². The van der Waals surface area contributed by atoms with Crippen LogP contribution in [0.1, 0.15) is 75.6 Å². The fourth-order valence-electron chi connectivity index (χ4n) is 6.67. The van der Waals surface area contributed by atoms with E-state index in [1.807, 2.05) is 24.3 Å². The van der Waals surface area contributed by atoms with Gasteiger partial charge in [0.1, 0.15) is 5.66 Å². The molecule has 5 heteroatoms. The Morgan fingerprint density at radius 3 is 2.72 bits per heavy atom. The summed E-state index contributed by atoms with van der Waals surface area (Å²) < 4.78 is 0. The third kappa shape index (κ3) is 3.04. The van der Waals surface area contributed by atoms with Crippen molar-refractivity contribution in [1.29, 1.82) is 0 Å². The van der Waals surface area contributed by atoms with Gasteiger partial charge in [-0.15, -0.1) is 0 Å². The predicted octanol–water partition coefficient (Wildman–Crippen LogP) is 4.06. The lowest BCUT2D eigenvalue weighted by molar-refractivity contribution is -0.140. The number of anilines is 1. The molecule has 29 heavy (non-hydrogen) atoms. The number of nitrogens with one attached hydrogen (secondary N) is 3. The molecule has 1 spiro atoms. The van der Waals surface area contributed by atoms with Crippen LogP contribution in [-0.4, -0.2) is 23.5 Å². The third-order valence-electron chi connectivity index (χ3n) is 8.43. The van der Waals surface area contributed by atoms with Gasteiger partial charge in [-0.3, -0.25) is 9.59 Å². The Morgan fingerprint density at radius 2 is 1.93 bits per heavy atom. The van der Waals surface area contributed by atoms with E-state index < -0.39 is 5.66 Å². The van der Waals surface area contributed by atoms with Crippen LogP contribution in [0.25, 0.3) is 0 Å². The molecular formula is C24H33N3O2. The maximum atomic E-state index is 13.3. The molecule has 0 aromatic heterocycles. The molecule has 6 atom stereocenters. The van der Waals surface area contributed by atoms with Crippen molar-refractivity contribution in [2.24, 2.45) is 23.2 Å².